The molecule has 0 saturated heterocycles. The number of rotatable bonds is 7. The summed E-state index contributed by atoms with van der Waals surface area (Å²) < 4.78 is 4.83. The Hall–Kier alpha value is -2.56. The van der Waals surface area contributed by atoms with Crippen LogP contribution < -0.4 is 0 Å². The molecular formula is C16H19NO4. The summed E-state index contributed by atoms with van der Waals surface area (Å²) in [5.74, 6) is -0.601. The Kier molecular flexibility index (Phi) is 6.74. The SMILES string of the molecule is C=CCN(CC(=O)OCC)C(=O)/C=C/c1ccc(O)cc1. The van der Waals surface area contributed by atoms with Crippen molar-refractivity contribution in [1.82, 2.24) is 4.90 Å². The van der Waals surface area contributed by atoms with Crippen LogP contribution in [0.25, 0.3) is 6.08 Å². The maximum atomic E-state index is 12.0. The molecule has 0 heterocycles. The zero-order chi connectivity index (χ0) is 15.7. The molecule has 0 spiro atoms. The quantitative estimate of drug-likeness (QED) is 0.473. The monoisotopic (exact) mass is 289 g/mol. The van der Waals surface area contributed by atoms with Gasteiger partial charge >= 0.3 is 5.97 Å². The molecule has 1 rings (SSSR count). The molecule has 112 valence electrons. The minimum absolute atomic E-state index is 0.112. The van der Waals surface area contributed by atoms with E-state index in [0.717, 1.165) is 5.56 Å². The summed E-state index contributed by atoms with van der Waals surface area (Å²) in [6.07, 6.45) is 4.53. The molecular weight excluding hydrogens is 270 g/mol. The minimum atomic E-state index is -0.453. The summed E-state index contributed by atoms with van der Waals surface area (Å²) in [4.78, 5) is 24.8. The Labute approximate surface area is 124 Å². The molecule has 21 heavy (non-hydrogen) atoms. The van der Waals surface area contributed by atoms with Gasteiger partial charge in [0.15, 0.2) is 0 Å². The number of nitrogens with zero attached hydrogens (tertiary/aromatic N) is 1. The maximum Gasteiger partial charge on any atom is 0.325 e. The number of ether oxygens (including phenoxy) is 1. The van der Waals surface area contributed by atoms with Crippen LogP contribution in [-0.2, 0) is 14.3 Å². The molecule has 0 aliphatic carbocycles. The number of hydrogen-bond acceptors (Lipinski definition) is 4. The molecule has 5 nitrogen and oxygen atoms in total. The van der Waals surface area contributed by atoms with E-state index in [1.54, 1.807) is 31.2 Å². The van der Waals surface area contributed by atoms with Gasteiger partial charge in [0.2, 0.25) is 5.91 Å². The number of amides is 1. The van der Waals surface area contributed by atoms with Crippen molar-refractivity contribution in [3.8, 4) is 5.75 Å². The fraction of sp³-hybridized carbons (Fsp3) is 0.250. The van der Waals surface area contributed by atoms with E-state index in [2.05, 4.69) is 6.58 Å². The largest absolute Gasteiger partial charge is 0.508 e. The number of carbonyl (C=O) groups excluding carboxylic acids is 2. The molecule has 0 aliphatic heterocycles. The van der Waals surface area contributed by atoms with Crippen LogP contribution in [0.4, 0.5) is 0 Å². The number of phenols is 1. The highest BCUT2D eigenvalue weighted by molar-refractivity contribution is 5.93. The standard InChI is InChI=1S/C16H19NO4/c1-3-11-17(12-16(20)21-4-2)15(19)10-7-13-5-8-14(18)9-6-13/h3,5-10,18H,1,4,11-12H2,2H3/b10-7+. The topological polar surface area (TPSA) is 66.8 Å². The lowest BCUT2D eigenvalue weighted by atomic mass is 10.2. The van der Waals surface area contributed by atoms with Crippen LogP contribution in [0.1, 0.15) is 12.5 Å². The van der Waals surface area contributed by atoms with E-state index >= 15 is 0 Å². The third-order valence-electron chi connectivity index (χ3n) is 2.60. The number of hydrogen-bond donors (Lipinski definition) is 1. The molecule has 1 amide bonds. The van der Waals surface area contributed by atoms with E-state index in [-0.39, 0.29) is 31.4 Å². The highest BCUT2D eigenvalue weighted by atomic mass is 16.5. The molecule has 0 bridgehead atoms. The lowest BCUT2D eigenvalue weighted by Gasteiger charge is -2.18. The third-order valence-corrected chi connectivity index (χ3v) is 2.60. The van der Waals surface area contributed by atoms with Crippen molar-refractivity contribution >= 4 is 18.0 Å². The first kappa shape index (κ1) is 16.5. The molecule has 0 atom stereocenters. The zero-order valence-electron chi connectivity index (χ0n) is 12.0. The second kappa shape index (κ2) is 8.58. The smallest absolute Gasteiger partial charge is 0.325 e. The maximum absolute atomic E-state index is 12.0. The van der Waals surface area contributed by atoms with Crippen molar-refractivity contribution in [3.05, 3.63) is 48.6 Å². The lowest BCUT2D eigenvalue weighted by molar-refractivity contribution is -0.147. The second-order valence-electron chi connectivity index (χ2n) is 4.24. The van der Waals surface area contributed by atoms with Crippen LogP contribution in [0.15, 0.2) is 43.0 Å². The van der Waals surface area contributed by atoms with Crippen LogP contribution in [0.2, 0.25) is 0 Å². The summed E-state index contributed by atoms with van der Waals surface area (Å²) in [5, 5.41) is 9.18. The molecule has 0 fully saturated rings. The van der Waals surface area contributed by atoms with Crippen LogP contribution in [-0.4, -0.2) is 41.6 Å². The van der Waals surface area contributed by atoms with Crippen LogP contribution in [0.5, 0.6) is 5.75 Å². The van der Waals surface area contributed by atoms with E-state index in [4.69, 9.17) is 4.74 Å². The Bertz CT molecular complexity index is 520. The predicted octanol–water partition coefficient (Wildman–Crippen LogP) is 1.98. The number of carbonyl (C=O) groups is 2. The fourth-order valence-electron chi connectivity index (χ4n) is 1.61. The van der Waals surface area contributed by atoms with E-state index in [9.17, 15) is 14.7 Å². The Morgan fingerprint density at radius 1 is 1.33 bits per heavy atom. The highest BCUT2D eigenvalue weighted by Crippen LogP contribution is 2.11. The summed E-state index contributed by atoms with van der Waals surface area (Å²) in [6.45, 7) is 5.70. The zero-order valence-corrected chi connectivity index (χ0v) is 12.0. The lowest BCUT2D eigenvalue weighted by Crippen LogP contribution is -2.35. The molecule has 0 aromatic heterocycles. The first-order valence-corrected chi connectivity index (χ1v) is 6.59. The van der Waals surface area contributed by atoms with Gasteiger partial charge in [-0.2, -0.15) is 0 Å². The van der Waals surface area contributed by atoms with E-state index in [0.29, 0.717) is 0 Å². The van der Waals surface area contributed by atoms with Crippen molar-refractivity contribution in [1.29, 1.82) is 0 Å². The number of benzene rings is 1. The molecule has 0 aliphatic rings. The number of aromatic hydroxyl groups is 1. The number of phenolic OH excluding ortho intramolecular Hbond substituents is 1. The highest BCUT2D eigenvalue weighted by Gasteiger charge is 2.14. The summed E-state index contributed by atoms with van der Waals surface area (Å²) in [6, 6.07) is 6.43. The molecule has 1 aromatic carbocycles. The van der Waals surface area contributed by atoms with Gasteiger partial charge in [0, 0.05) is 12.6 Å². The predicted molar refractivity (Wildman–Crippen MR) is 80.6 cm³/mol. The molecule has 0 saturated carbocycles. The van der Waals surface area contributed by atoms with Gasteiger partial charge in [0.05, 0.1) is 6.61 Å². The van der Waals surface area contributed by atoms with E-state index in [1.807, 2.05) is 0 Å². The van der Waals surface area contributed by atoms with Gasteiger partial charge in [-0.15, -0.1) is 6.58 Å². The average molecular weight is 289 g/mol. The summed E-state index contributed by atoms with van der Waals surface area (Å²) >= 11 is 0. The van der Waals surface area contributed by atoms with Gasteiger partial charge in [-0.25, -0.2) is 0 Å². The molecule has 0 radical (unpaired) electrons. The van der Waals surface area contributed by atoms with Gasteiger partial charge in [-0.1, -0.05) is 18.2 Å². The van der Waals surface area contributed by atoms with Crippen LogP contribution >= 0.6 is 0 Å². The van der Waals surface area contributed by atoms with Gasteiger partial charge in [-0.3, -0.25) is 9.59 Å². The van der Waals surface area contributed by atoms with Gasteiger partial charge in [-0.05, 0) is 30.7 Å². The fourth-order valence-corrected chi connectivity index (χ4v) is 1.61. The van der Waals surface area contributed by atoms with Crippen molar-refractivity contribution < 1.29 is 19.4 Å². The van der Waals surface area contributed by atoms with Crippen molar-refractivity contribution in [2.45, 2.75) is 6.92 Å². The number of esters is 1. The van der Waals surface area contributed by atoms with Gasteiger partial charge < -0.3 is 14.7 Å². The first-order chi connectivity index (χ1) is 10.1. The van der Waals surface area contributed by atoms with Crippen LogP contribution in [0.3, 0.4) is 0 Å². The normalized spacial score (nSPS) is 10.3. The molecule has 0 unspecified atom stereocenters. The molecule has 1 N–H and O–H groups in total. The van der Waals surface area contributed by atoms with Crippen LogP contribution in [0, 0.1) is 0 Å². The van der Waals surface area contributed by atoms with Crippen molar-refractivity contribution in [2.75, 3.05) is 19.7 Å². The third kappa shape index (κ3) is 5.95. The Morgan fingerprint density at radius 3 is 2.57 bits per heavy atom. The summed E-state index contributed by atoms with van der Waals surface area (Å²) in [5.41, 5.74) is 0.774. The van der Waals surface area contributed by atoms with Crippen molar-refractivity contribution in [2.24, 2.45) is 0 Å². The van der Waals surface area contributed by atoms with E-state index < -0.39 is 5.97 Å². The molecule has 1 aromatic rings. The Balaban J connectivity index is 2.69. The minimum Gasteiger partial charge on any atom is -0.508 e. The molecule has 5 heteroatoms. The average Bonchev–Trinajstić information content (AvgIpc) is 2.46. The van der Waals surface area contributed by atoms with Gasteiger partial charge in [0.1, 0.15) is 12.3 Å². The van der Waals surface area contributed by atoms with E-state index in [1.165, 1.54) is 23.1 Å². The summed E-state index contributed by atoms with van der Waals surface area (Å²) in [7, 11) is 0. The van der Waals surface area contributed by atoms with Gasteiger partial charge in [0.25, 0.3) is 0 Å². The van der Waals surface area contributed by atoms with Crippen molar-refractivity contribution in [3.63, 3.8) is 0 Å². The second-order valence-corrected chi connectivity index (χ2v) is 4.24. The first-order valence-electron chi connectivity index (χ1n) is 6.59. The Morgan fingerprint density at radius 2 is 2.00 bits per heavy atom.